The number of rotatable bonds is 2. The number of carbonyl (C=O) groups excluding carboxylic acids is 1. The van der Waals surface area contributed by atoms with E-state index in [0.29, 0.717) is 11.2 Å². The minimum absolute atomic E-state index is 0.0561. The third-order valence-corrected chi connectivity index (χ3v) is 7.47. The number of halogens is 1. The van der Waals surface area contributed by atoms with Gasteiger partial charge < -0.3 is 0 Å². The highest BCUT2D eigenvalue weighted by atomic mass is 35.5. The van der Waals surface area contributed by atoms with E-state index in [-0.39, 0.29) is 5.41 Å². The summed E-state index contributed by atoms with van der Waals surface area (Å²) in [5, 5.41) is 0. The highest BCUT2D eigenvalue weighted by Crippen LogP contribution is 2.66. The maximum Gasteiger partial charge on any atom is 0.179 e. The van der Waals surface area contributed by atoms with Gasteiger partial charge in [0.1, 0.15) is 0 Å². The summed E-state index contributed by atoms with van der Waals surface area (Å²) in [5.41, 5.74) is 1.42. The molecule has 4 saturated carbocycles. The van der Waals surface area contributed by atoms with Crippen LogP contribution in [-0.4, -0.2) is 5.78 Å². The molecule has 0 aromatic carbocycles. The molecule has 5 rings (SSSR count). The smallest absolute Gasteiger partial charge is 0.179 e. The third kappa shape index (κ3) is 1.84. The molecule has 2 atom stereocenters. The lowest BCUT2D eigenvalue weighted by atomic mass is 9.44. The summed E-state index contributed by atoms with van der Waals surface area (Å²) in [6, 6.07) is 2.01. The Bertz CT molecular complexity index is 554. The Morgan fingerprint density at radius 3 is 2.45 bits per heavy atom. The molecule has 0 N–H and O–H groups in total. The number of thiophene rings is 1. The van der Waals surface area contributed by atoms with Crippen LogP contribution in [0, 0.1) is 29.6 Å². The van der Waals surface area contributed by atoms with Gasteiger partial charge in [-0.25, -0.2) is 0 Å². The average Bonchev–Trinajstić information content (AvgIpc) is 2.65. The van der Waals surface area contributed by atoms with Gasteiger partial charge in [0.2, 0.25) is 0 Å². The molecule has 2 unspecified atom stereocenters. The normalized spacial score (nSPS) is 42.1. The van der Waals surface area contributed by atoms with Gasteiger partial charge >= 0.3 is 0 Å². The molecule has 108 valence electrons. The van der Waals surface area contributed by atoms with E-state index in [1.54, 1.807) is 0 Å². The highest BCUT2D eigenvalue weighted by Gasteiger charge is 2.58. The first-order chi connectivity index (χ1) is 9.39. The van der Waals surface area contributed by atoms with Crippen molar-refractivity contribution < 1.29 is 4.79 Å². The van der Waals surface area contributed by atoms with Crippen LogP contribution in [0.3, 0.4) is 0 Å². The summed E-state index contributed by atoms with van der Waals surface area (Å²) in [7, 11) is 0. The summed E-state index contributed by atoms with van der Waals surface area (Å²) in [4.78, 5) is 14.1. The number of Topliss-reactive ketones (excluding diaryl/α,β-unsaturated/α-hetero) is 1. The van der Waals surface area contributed by atoms with Crippen molar-refractivity contribution in [2.75, 3.05) is 0 Å². The molecule has 0 spiro atoms. The van der Waals surface area contributed by atoms with Gasteiger partial charge in [-0.15, -0.1) is 11.3 Å². The molecule has 20 heavy (non-hydrogen) atoms. The molecular weight excluding hydrogens is 288 g/mol. The van der Waals surface area contributed by atoms with Gasteiger partial charge in [-0.3, -0.25) is 4.79 Å². The number of hydrogen-bond donors (Lipinski definition) is 0. The molecule has 4 bridgehead atoms. The average molecular weight is 309 g/mol. The van der Waals surface area contributed by atoms with Crippen LogP contribution in [0.25, 0.3) is 0 Å². The largest absolute Gasteiger partial charge is 0.293 e. The Balaban J connectivity index is 1.72. The molecule has 4 aliphatic rings. The van der Waals surface area contributed by atoms with Crippen molar-refractivity contribution in [2.24, 2.45) is 22.7 Å². The van der Waals surface area contributed by atoms with Gasteiger partial charge in [0.15, 0.2) is 5.78 Å². The Kier molecular flexibility index (Phi) is 2.74. The van der Waals surface area contributed by atoms with E-state index in [4.69, 9.17) is 11.6 Å². The lowest BCUT2D eigenvalue weighted by Gasteiger charge is -2.60. The summed E-state index contributed by atoms with van der Waals surface area (Å²) in [6.45, 7) is 4.41. The van der Waals surface area contributed by atoms with Crippen LogP contribution in [0.1, 0.15) is 60.7 Å². The minimum Gasteiger partial charge on any atom is -0.293 e. The van der Waals surface area contributed by atoms with Crippen LogP contribution >= 0.6 is 22.9 Å². The van der Waals surface area contributed by atoms with E-state index in [1.165, 1.54) is 30.6 Å². The Morgan fingerprint density at radius 1 is 1.30 bits per heavy atom. The van der Waals surface area contributed by atoms with E-state index >= 15 is 0 Å². The van der Waals surface area contributed by atoms with Crippen LogP contribution in [0.2, 0.25) is 4.34 Å². The highest BCUT2D eigenvalue weighted by molar-refractivity contribution is 7.18. The quantitative estimate of drug-likeness (QED) is 0.659. The lowest BCUT2D eigenvalue weighted by molar-refractivity contribution is -0.0819. The molecule has 1 aromatic rings. The fourth-order valence-electron chi connectivity index (χ4n) is 5.82. The van der Waals surface area contributed by atoms with Crippen molar-refractivity contribution in [2.45, 2.75) is 52.4 Å². The van der Waals surface area contributed by atoms with Crippen molar-refractivity contribution in [1.82, 2.24) is 0 Å². The van der Waals surface area contributed by atoms with Gasteiger partial charge in [-0.1, -0.05) is 18.5 Å². The van der Waals surface area contributed by atoms with Gasteiger partial charge in [0, 0.05) is 5.41 Å². The third-order valence-electron chi connectivity index (χ3n) is 5.92. The van der Waals surface area contributed by atoms with Crippen LogP contribution in [0.15, 0.2) is 6.07 Å². The molecule has 0 radical (unpaired) electrons. The molecule has 4 aliphatic carbocycles. The van der Waals surface area contributed by atoms with E-state index in [1.807, 2.05) is 13.0 Å². The standard InChI is InChI=1S/C17H21ClOS/c1-10-3-13(20-15(10)18)14(19)17-7-11-4-12(8-17)6-16(2,5-11)9-17/h3,11-12H,4-9H2,1-2H3. The SMILES string of the molecule is Cc1cc(C(=O)C23CC4CC(CC(C)(C4)C2)C3)sc1Cl. The first-order valence-electron chi connectivity index (χ1n) is 7.70. The van der Waals surface area contributed by atoms with Crippen molar-refractivity contribution in [1.29, 1.82) is 0 Å². The Hall–Kier alpha value is -0.340. The first-order valence-corrected chi connectivity index (χ1v) is 8.89. The van der Waals surface area contributed by atoms with Crippen LogP contribution in [0.4, 0.5) is 0 Å². The molecule has 0 aliphatic heterocycles. The molecule has 0 saturated heterocycles. The zero-order valence-corrected chi connectivity index (χ0v) is 13.7. The lowest BCUT2D eigenvalue weighted by Crippen LogP contribution is -2.53. The van der Waals surface area contributed by atoms with Crippen molar-refractivity contribution in [3.63, 3.8) is 0 Å². The van der Waals surface area contributed by atoms with E-state index in [9.17, 15) is 4.79 Å². The topological polar surface area (TPSA) is 17.1 Å². The molecule has 0 amide bonds. The molecule has 4 fully saturated rings. The summed E-state index contributed by atoms with van der Waals surface area (Å²) < 4.78 is 0.782. The molecule has 1 heterocycles. The van der Waals surface area contributed by atoms with E-state index in [2.05, 4.69) is 6.92 Å². The fourth-order valence-corrected chi connectivity index (χ4v) is 7.08. The minimum atomic E-state index is -0.0561. The summed E-state index contributed by atoms with van der Waals surface area (Å²) in [5.74, 6) is 1.99. The monoisotopic (exact) mass is 308 g/mol. The van der Waals surface area contributed by atoms with Crippen LogP contribution in [-0.2, 0) is 0 Å². The van der Waals surface area contributed by atoms with Gasteiger partial charge in [0.25, 0.3) is 0 Å². The number of aryl methyl sites for hydroxylation is 1. The van der Waals surface area contributed by atoms with Crippen molar-refractivity contribution in [3.05, 3.63) is 20.8 Å². The fraction of sp³-hybridized carbons (Fsp3) is 0.706. The van der Waals surface area contributed by atoms with Crippen LogP contribution in [0.5, 0.6) is 0 Å². The van der Waals surface area contributed by atoms with E-state index < -0.39 is 0 Å². The van der Waals surface area contributed by atoms with Crippen LogP contribution < -0.4 is 0 Å². The molecular formula is C17H21ClOS. The second kappa shape index (κ2) is 4.10. The zero-order chi connectivity index (χ0) is 14.1. The second-order valence-electron chi connectivity index (χ2n) is 7.95. The molecule has 1 nitrogen and oxygen atoms in total. The predicted molar refractivity (Wildman–Crippen MR) is 83.6 cm³/mol. The molecule has 3 heteroatoms. The number of carbonyl (C=O) groups is 1. The summed E-state index contributed by atoms with van der Waals surface area (Å²) in [6.07, 6.45) is 7.44. The zero-order valence-electron chi connectivity index (χ0n) is 12.2. The first kappa shape index (κ1) is 13.3. The summed E-state index contributed by atoms with van der Waals surface area (Å²) >= 11 is 7.66. The maximum absolute atomic E-state index is 13.2. The van der Waals surface area contributed by atoms with Gasteiger partial charge in [-0.2, -0.15) is 0 Å². The Morgan fingerprint density at radius 2 is 1.95 bits per heavy atom. The number of ketones is 1. The Labute approximate surface area is 129 Å². The van der Waals surface area contributed by atoms with Gasteiger partial charge in [-0.05, 0) is 74.3 Å². The van der Waals surface area contributed by atoms with Gasteiger partial charge in [0.05, 0.1) is 9.21 Å². The van der Waals surface area contributed by atoms with E-state index in [0.717, 1.165) is 45.9 Å². The van der Waals surface area contributed by atoms with Crippen molar-refractivity contribution in [3.8, 4) is 0 Å². The maximum atomic E-state index is 13.2. The number of hydrogen-bond acceptors (Lipinski definition) is 2. The van der Waals surface area contributed by atoms with Crippen molar-refractivity contribution >= 4 is 28.7 Å². The molecule has 1 aromatic heterocycles. The predicted octanol–water partition coefficient (Wildman–Crippen LogP) is 5.50. The second-order valence-corrected chi connectivity index (χ2v) is 9.60.